The third-order valence-corrected chi connectivity index (χ3v) is 6.57. The quantitative estimate of drug-likeness (QED) is 0.783. The normalized spacial score (nSPS) is 13.3. The van der Waals surface area contributed by atoms with Crippen molar-refractivity contribution in [2.24, 2.45) is 7.05 Å². The molecule has 0 fully saturated rings. The molecule has 0 bridgehead atoms. The van der Waals surface area contributed by atoms with Crippen LogP contribution in [0.25, 0.3) is 0 Å². The number of aryl methyl sites for hydroxylation is 2. The monoisotopic (exact) mass is 375 g/mol. The van der Waals surface area contributed by atoms with Gasteiger partial charge < -0.3 is 9.88 Å². The summed E-state index contributed by atoms with van der Waals surface area (Å²) in [6, 6.07) is 2.28. The number of nitrogens with one attached hydrogen (secondary N) is 1. The number of thioether (sulfide) groups is 1. The number of hydrogen-bond acceptors (Lipinski definition) is 6. The van der Waals surface area contributed by atoms with E-state index in [1.807, 2.05) is 18.5 Å². The zero-order valence-corrected chi connectivity index (χ0v) is 16.1. The summed E-state index contributed by atoms with van der Waals surface area (Å²) in [6.45, 7) is 2.04. The predicted molar refractivity (Wildman–Crippen MR) is 100 cm³/mol. The molecular weight excluding hydrogens is 354 g/mol. The molecule has 2 aromatic heterocycles. The number of hydrogen-bond donors (Lipinski definition) is 1. The summed E-state index contributed by atoms with van der Waals surface area (Å²) in [5.74, 6) is 1.52. The molecule has 0 saturated carbocycles. The smallest absolute Gasteiger partial charge is 0.225 e. The van der Waals surface area contributed by atoms with Crippen LogP contribution in [-0.2, 0) is 31.1 Å². The number of nitrogens with zero attached hydrogens (tertiary/aromatic N) is 4. The number of rotatable bonds is 6. The van der Waals surface area contributed by atoms with Crippen LogP contribution in [0.15, 0.2) is 5.16 Å². The highest BCUT2D eigenvalue weighted by molar-refractivity contribution is 7.99. The Morgan fingerprint density at radius 2 is 2.20 bits per heavy atom. The first kappa shape index (κ1) is 18.0. The fourth-order valence-electron chi connectivity index (χ4n) is 2.98. The van der Waals surface area contributed by atoms with E-state index >= 15 is 0 Å². The van der Waals surface area contributed by atoms with Crippen molar-refractivity contribution in [1.82, 2.24) is 14.8 Å². The molecule has 3 rings (SSSR count). The number of fused-ring (bicyclic) bond motifs is 1. The van der Waals surface area contributed by atoms with Crippen LogP contribution in [0.3, 0.4) is 0 Å². The number of thiophene rings is 1. The maximum Gasteiger partial charge on any atom is 0.225 e. The van der Waals surface area contributed by atoms with Crippen LogP contribution in [0, 0.1) is 11.3 Å². The molecule has 6 nitrogen and oxygen atoms in total. The van der Waals surface area contributed by atoms with Crippen molar-refractivity contribution in [1.29, 1.82) is 5.26 Å². The van der Waals surface area contributed by atoms with Gasteiger partial charge in [0.1, 0.15) is 16.9 Å². The Balaban J connectivity index is 1.57. The molecule has 0 radical (unpaired) electrons. The predicted octanol–water partition coefficient (Wildman–Crippen LogP) is 3.31. The van der Waals surface area contributed by atoms with Crippen LogP contribution in [0.2, 0.25) is 0 Å². The van der Waals surface area contributed by atoms with Gasteiger partial charge in [-0.05, 0) is 31.2 Å². The first-order valence-electron chi connectivity index (χ1n) is 8.49. The highest BCUT2D eigenvalue weighted by atomic mass is 32.2. The van der Waals surface area contributed by atoms with Crippen LogP contribution in [0.5, 0.6) is 0 Å². The molecule has 0 aliphatic heterocycles. The van der Waals surface area contributed by atoms with Crippen molar-refractivity contribution in [2.75, 3.05) is 11.1 Å². The van der Waals surface area contributed by atoms with E-state index in [1.54, 1.807) is 11.3 Å². The first-order valence-corrected chi connectivity index (χ1v) is 10.3. The molecule has 1 aliphatic rings. The topological polar surface area (TPSA) is 83.6 Å². The molecule has 2 heterocycles. The zero-order chi connectivity index (χ0) is 17.8. The number of carbonyl (C=O) groups is 1. The van der Waals surface area contributed by atoms with E-state index in [9.17, 15) is 10.1 Å². The van der Waals surface area contributed by atoms with Crippen molar-refractivity contribution in [3.8, 4) is 6.07 Å². The number of aromatic nitrogens is 3. The van der Waals surface area contributed by atoms with Crippen molar-refractivity contribution in [3.63, 3.8) is 0 Å². The Morgan fingerprint density at radius 1 is 1.40 bits per heavy atom. The van der Waals surface area contributed by atoms with Gasteiger partial charge in [0.2, 0.25) is 5.91 Å². The molecule has 0 aromatic carbocycles. The molecule has 2 aromatic rings. The summed E-state index contributed by atoms with van der Waals surface area (Å²) in [7, 11) is 1.94. The van der Waals surface area contributed by atoms with Gasteiger partial charge in [0.15, 0.2) is 5.16 Å². The Bertz CT molecular complexity index is 818. The lowest BCUT2D eigenvalue weighted by Gasteiger charge is -2.09. The molecule has 1 N–H and O–H groups in total. The van der Waals surface area contributed by atoms with Gasteiger partial charge in [0.05, 0.1) is 5.56 Å². The van der Waals surface area contributed by atoms with Crippen LogP contribution in [0.4, 0.5) is 5.00 Å². The summed E-state index contributed by atoms with van der Waals surface area (Å²) in [5, 5.41) is 22.2. The van der Waals surface area contributed by atoms with Gasteiger partial charge in [-0.3, -0.25) is 4.79 Å². The number of anilines is 1. The second-order valence-corrected chi connectivity index (χ2v) is 8.15. The molecule has 0 unspecified atom stereocenters. The third kappa shape index (κ3) is 3.88. The van der Waals surface area contributed by atoms with Crippen LogP contribution in [-0.4, -0.2) is 26.4 Å². The van der Waals surface area contributed by atoms with E-state index in [2.05, 4.69) is 21.6 Å². The SMILES string of the molecule is CCc1nnc(SCCC(=O)Nc2sc3c(c2C#N)CCCC3)n1C. The van der Waals surface area contributed by atoms with Gasteiger partial charge in [-0.25, -0.2) is 0 Å². The van der Waals surface area contributed by atoms with Gasteiger partial charge in [-0.2, -0.15) is 5.26 Å². The number of nitriles is 1. The van der Waals surface area contributed by atoms with Gasteiger partial charge in [0.25, 0.3) is 0 Å². The highest BCUT2D eigenvalue weighted by Gasteiger charge is 2.21. The average molecular weight is 376 g/mol. The first-order chi connectivity index (χ1) is 12.1. The average Bonchev–Trinajstić information content (AvgIpc) is 3.14. The molecule has 0 saturated heterocycles. The van der Waals surface area contributed by atoms with Crippen LogP contribution >= 0.6 is 23.1 Å². The summed E-state index contributed by atoms with van der Waals surface area (Å²) >= 11 is 3.09. The molecule has 8 heteroatoms. The lowest BCUT2D eigenvalue weighted by molar-refractivity contribution is -0.115. The Morgan fingerprint density at radius 3 is 2.92 bits per heavy atom. The molecule has 132 valence electrons. The van der Waals surface area contributed by atoms with Crippen molar-refractivity contribution in [2.45, 2.75) is 50.6 Å². The van der Waals surface area contributed by atoms with E-state index in [4.69, 9.17) is 0 Å². The summed E-state index contributed by atoms with van der Waals surface area (Å²) < 4.78 is 1.96. The van der Waals surface area contributed by atoms with Crippen LogP contribution in [0.1, 0.15) is 48.0 Å². The Labute approximate surface area is 155 Å². The van der Waals surface area contributed by atoms with Crippen LogP contribution < -0.4 is 5.32 Å². The lowest BCUT2D eigenvalue weighted by Crippen LogP contribution is -2.12. The Hall–Kier alpha value is -1.85. The summed E-state index contributed by atoms with van der Waals surface area (Å²) in [5.41, 5.74) is 1.82. The largest absolute Gasteiger partial charge is 0.317 e. The van der Waals surface area contributed by atoms with Crippen molar-refractivity contribution < 1.29 is 4.79 Å². The highest BCUT2D eigenvalue weighted by Crippen LogP contribution is 2.37. The minimum atomic E-state index is -0.0551. The van der Waals surface area contributed by atoms with Crippen molar-refractivity contribution in [3.05, 3.63) is 21.8 Å². The second-order valence-electron chi connectivity index (χ2n) is 5.98. The van der Waals surface area contributed by atoms with E-state index < -0.39 is 0 Å². The molecule has 1 amide bonds. The molecule has 0 atom stereocenters. The lowest BCUT2D eigenvalue weighted by atomic mass is 9.96. The Kier molecular flexibility index (Phi) is 5.76. The second kappa shape index (κ2) is 8.02. The standard InChI is InChI=1S/C17H21N5OS2/c1-3-14-20-21-17(22(14)2)24-9-8-15(23)19-16-12(10-18)11-6-4-5-7-13(11)25-16/h3-9H2,1-2H3,(H,19,23). The van der Waals surface area contributed by atoms with E-state index in [0.717, 1.165) is 47.2 Å². The van der Waals surface area contributed by atoms with Crippen molar-refractivity contribution >= 4 is 34.0 Å². The van der Waals surface area contributed by atoms with E-state index in [0.29, 0.717) is 17.7 Å². The van der Waals surface area contributed by atoms with Gasteiger partial charge in [-0.1, -0.05) is 18.7 Å². The zero-order valence-electron chi connectivity index (χ0n) is 14.5. The fraction of sp³-hybridized carbons (Fsp3) is 0.529. The number of amides is 1. The third-order valence-electron chi connectivity index (χ3n) is 4.34. The number of carbonyl (C=O) groups excluding carboxylic acids is 1. The van der Waals surface area contributed by atoms with Gasteiger partial charge in [-0.15, -0.1) is 21.5 Å². The maximum atomic E-state index is 12.3. The molecular formula is C17H21N5OS2. The molecule has 25 heavy (non-hydrogen) atoms. The summed E-state index contributed by atoms with van der Waals surface area (Å²) in [6.07, 6.45) is 5.48. The van der Waals surface area contributed by atoms with E-state index in [1.165, 1.54) is 23.1 Å². The molecule has 0 spiro atoms. The minimum Gasteiger partial charge on any atom is -0.317 e. The maximum absolute atomic E-state index is 12.3. The van der Waals surface area contributed by atoms with E-state index in [-0.39, 0.29) is 5.91 Å². The van der Waals surface area contributed by atoms with Gasteiger partial charge >= 0.3 is 0 Å². The summed E-state index contributed by atoms with van der Waals surface area (Å²) in [4.78, 5) is 13.5. The van der Waals surface area contributed by atoms with Gasteiger partial charge in [0, 0.05) is 30.5 Å². The fourth-order valence-corrected chi connectivity index (χ4v) is 5.10. The minimum absolute atomic E-state index is 0.0551. The molecule has 1 aliphatic carbocycles.